The van der Waals surface area contributed by atoms with Crippen molar-refractivity contribution in [2.45, 2.75) is 76.4 Å². The second-order valence-corrected chi connectivity index (χ2v) is 7.69. The number of unbranched alkanes of at least 4 members (excludes halogenated alkanes) is 3. The second-order valence-electron chi connectivity index (χ2n) is 7.69. The van der Waals surface area contributed by atoms with E-state index in [0.717, 1.165) is 69.3 Å². The lowest BCUT2D eigenvalue weighted by Crippen LogP contribution is -2.34. The molecule has 1 fully saturated rings. The number of carbonyl (C=O) groups excluding carboxylic acids is 1. The smallest absolute Gasteiger partial charge is 0.222 e. The van der Waals surface area contributed by atoms with Crippen LogP contribution in [0.1, 0.15) is 62.8 Å². The number of rotatable bonds is 12. The van der Waals surface area contributed by atoms with E-state index in [1.54, 1.807) is 0 Å². The summed E-state index contributed by atoms with van der Waals surface area (Å²) in [5, 5.41) is 24.3. The van der Waals surface area contributed by atoms with Gasteiger partial charge in [-0.1, -0.05) is 48.4 Å². The van der Waals surface area contributed by atoms with E-state index in [2.05, 4.69) is 25.5 Å². The number of nitrogens with one attached hydrogen (secondary N) is 1. The summed E-state index contributed by atoms with van der Waals surface area (Å²) < 4.78 is 0. The molecule has 2 N–H and O–H groups in total. The Morgan fingerprint density at radius 3 is 2.79 bits per heavy atom. The molecule has 2 atom stereocenters. The standard InChI is InChI=1S/C21H31N5O2/c27-19(16-17-8-4-3-5-9-17)13-11-18-12-14-21(28)26(18)15-7-2-1-6-10-20-22-24-25-23-20/h3-5,8-9,18-19,27H,1-2,6-7,10-16H2,(H,22,23,24,25)/t18-,19-/m0/s1. The molecule has 0 aliphatic carbocycles. The molecular weight excluding hydrogens is 354 g/mol. The second kappa shape index (κ2) is 10.9. The van der Waals surface area contributed by atoms with Gasteiger partial charge in [-0.05, 0) is 44.1 Å². The quantitative estimate of drug-likeness (QED) is 0.548. The number of nitrogens with zero attached hydrogens (tertiary/aromatic N) is 4. The average Bonchev–Trinajstić information content (AvgIpc) is 3.34. The van der Waals surface area contributed by atoms with E-state index < -0.39 is 0 Å². The summed E-state index contributed by atoms with van der Waals surface area (Å²) in [7, 11) is 0. The van der Waals surface area contributed by atoms with Crippen molar-refractivity contribution < 1.29 is 9.90 Å². The third-order valence-electron chi connectivity index (χ3n) is 5.54. The Balaban J connectivity index is 1.32. The summed E-state index contributed by atoms with van der Waals surface area (Å²) in [4.78, 5) is 14.3. The van der Waals surface area contributed by atoms with Gasteiger partial charge in [-0.15, -0.1) is 10.2 Å². The van der Waals surface area contributed by atoms with Gasteiger partial charge in [0.05, 0.1) is 6.10 Å². The molecule has 0 saturated carbocycles. The molecule has 1 saturated heterocycles. The first-order chi connectivity index (χ1) is 13.7. The van der Waals surface area contributed by atoms with E-state index in [9.17, 15) is 9.90 Å². The molecule has 0 radical (unpaired) electrons. The Kier molecular flexibility index (Phi) is 7.96. The van der Waals surface area contributed by atoms with Gasteiger partial charge in [-0.25, -0.2) is 0 Å². The summed E-state index contributed by atoms with van der Waals surface area (Å²) in [6, 6.07) is 10.4. The Hall–Kier alpha value is -2.28. The van der Waals surface area contributed by atoms with Crippen molar-refractivity contribution in [3.63, 3.8) is 0 Å². The van der Waals surface area contributed by atoms with Gasteiger partial charge in [0.1, 0.15) is 0 Å². The number of amides is 1. The molecular formula is C21H31N5O2. The number of H-pyrrole nitrogens is 1. The third-order valence-corrected chi connectivity index (χ3v) is 5.54. The number of tetrazole rings is 1. The number of aliphatic hydroxyl groups excluding tert-OH is 1. The van der Waals surface area contributed by atoms with Crippen LogP contribution in [0.25, 0.3) is 0 Å². The van der Waals surface area contributed by atoms with Gasteiger partial charge in [-0.2, -0.15) is 5.21 Å². The van der Waals surface area contributed by atoms with Gasteiger partial charge in [0.25, 0.3) is 0 Å². The van der Waals surface area contributed by atoms with E-state index >= 15 is 0 Å². The Morgan fingerprint density at radius 1 is 1.18 bits per heavy atom. The van der Waals surface area contributed by atoms with E-state index in [4.69, 9.17) is 0 Å². The maximum Gasteiger partial charge on any atom is 0.222 e. The molecule has 3 rings (SSSR count). The first-order valence-corrected chi connectivity index (χ1v) is 10.5. The maximum atomic E-state index is 12.2. The van der Waals surface area contributed by atoms with Crippen LogP contribution in [0.3, 0.4) is 0 Å². The van der Waals surface area contributed by atoms with Crippen LogP contribution in [0.2, 0.25) is 0 Å². The van der Waals surface area contributed by atoms with Crippen molar-refractivity contribution in [1.29, 1.82) is 0 Å². The first-order valence-electron chi connectivity index (χ1n) is 10.5. The largest absolute Gasteiger partial charge is 0.393 e. The fourth-order valence-corrected chi connectivity index (χ4v) is 3.98. The molecule has 1 aromatic carbocycles. The van der Waals surface area contributed by atoms with Crippen LogP contribution in [0.15, 0.2) is 30.3 Å². The predicted octanol–water partition coefficient (Wildman–Crippen LogP) is 2.68. The third kappa shape index (κ3) is 6.41. The number of aromatic amines is 1. The zero-order valence-electron chi connectivity index (χ0n) is 16.5. The van der Waals surface area contributed by atoms with E-state index in [1.807, 2.05) is 30.3 Å². The molecule has 1 aliphatic rings. The van der Waals surface area contributed by atoms with Gasteiger partial charge in [0.2, 0.25) is 5.91 Å². The van der Waals surface area contributed by atoms with Crippen LogP contribution in [-0.4, -0.2) is 55.2 Å². The van der Waals surface area contributed by atoms with Gasteiger partial charge in [0, 0.05) is 25.4 Å². The number of hydrogen-bond donors (Lipinski definition) is 2. The van der Waals surface area contributed by atoms with E-state index in [-0.39, 0.29) is 18.1 Å². The Labute approximate surface area is 166 Å². The molecule has 28 heavy (non-hydrogen) atoms. The molecule has 152 valence electrons. The fourth-order valence-electron chi connectivity index (χ4n) is 3.98. The SMILES string of the molecule is O=C1CC[C@H](CC[C@H](O)Cc2ccccc2)N1CCCCCCc1nn[nH]n1. The minimum Gasteiger partial charge on any atom is -0.393 e. The summed E-state index contributed by atoms with van der Waals surface area (Å²) in [6.07, 6.45) is 8.68. The Bertz CT molecular complexity index is 692. The number of hydrogen-bond acceptors (Lipinski definition) is 5. The highest BCUT2D eigenvalue weighted by molar-refractivity contribution is 5.78. The van der Waals surface area contributed by atoms with Crippen molar-refractivity contribution in [2.24, 2.45) is 0 Å². The molecule has 2 heterocycles. The van der Waals surface area contributed by atoms with Crippen molar-refractivity contribution in [2.75, 3.05) is 6.54 Å². The molecule has 2 aromatic rings. The average molecular weight is 386 g/mol. The minimum atomic E-state index is -0.343. The number of carbonyl (C=O) groups is 1. The first kappa shape index (κ1) is 20.5. The fraction of sp³-hybridized carbons (Fsp3) is 0.619. The molecule has 1 aliphatic heterocycles. The van der Waals surface area contributed by atoms with Gasteiger partial charge < -0.3 is 10.0 Å². The van der Waals surface area contributed by atoms with Crippen molar-refractivity contribution >= 4 is 5.91 Å². The van der Waals surface area contributed by atoms with Crippen LogP contribution in [0.4, 0.5) is 0 Å². The number of aliphatic hydroxyl groups is 1. The van der Waals surface area contributed by atoms with Gasteiger partial charge in [0.15, 0.2) is 5.82 Å². The predicted molar refractivity (Wildman–Crippen MR) is 106 cm³/mol. The minimum absolute atomic E-state index is 0.273. The summed E-state index contributed by atoms with van der Waals surface area (Å²) in [5.74, 6) is 1.04. The molecule has 1 amide bonds. The summed E-state index contributed by atoms with van der Waals surface area (Å²) >= 11 is 0. The lowest BCUT2D eigenvalue weighted by atomic mass is 10.0. The number of benzene rings is 1. The van der Waals surface area contributed by atoms with Crippen molar-refractivity contribution in [1.82, 2.24) is 25.5 Å². The number of likely N-dealkylation sites (tertiary alicyclic amines) is 1. The number of aromatic nitrogens is 4. The summed E-state index contributed by atoms with van der Waals surface area (Å²) in [5.41, 5.74) is 1.16. The molecule has 0 spiro atoms. The van der Waals surface area contributed by atoms with Crippen LogP contribution < -0.4 is 0 Å². The lowest BCUT2D eigenvalue weighted by molar-refractivity contribution is -0.129. The van der Waals surface area contributed by atoms with Gasteiger partial charge >= 0.3 is 0 Å². The summed E-state index contributed by atoms with van der Waals surface area (Å²) in [6.45, 7) is 0.834. The highest BCUT2D eigenvalue weighted by atomic mass is 16.3. The van der Waals surface area contributed by atoms with Crippen LogP contribution in [-0.2, 0) is 17.6 Å². The van der Waals surface area contributed by atoms with Crippen LogP contribution in [0, 0.1) is 0 Å². The van der Waals surface area contributed by atoms with Crippen molar-refractivity contribution in [3.05, 3.63) is 41.7 Å². The zero-order valence-corrected chi connectivity index (χ0v) is 16.5. The lowest BCUT2D eigenvalue weighted by Gasteiger charge is -2.25. The topological polar surface area (TPSA) is 95.0 Å². The van der Waals surface area contributed by atoms with Gasteiger partial charge in [-0.3, -0.25) is 4.79 Å². The van der Waals surface area contributed by atoms with Crippen molar-refractivity contribution in [3.8, 4) is 0 Å². The van der Waals surface area contributed by atoms with E-state index in [0.29, 0.717) is 12.8 Å². The maximum absolute atomic E-state index is 12.2. The molecule has 1 aromatic heterocycles. The van der Waals surface area contributed by atoms with E-state index in [1.165, 1.54) is 0 Å². The highest BCUT2D eigenvalue weighted by Crippen LogP contribution is 2.24. The molecule has 0 bridgehead atoms. The van der Waals surface area contributed by atoms with Crippen LogP contribution in [0.5, 0.6) is 0 Å². The zero-order chi connectivity index (χ0) is 19.6. The van der Waals surface area contributed by atoms with Crippen LogP contribution >= 0.6 is 0 Å². The highest BCUT2D eigenvalue weighted by Gasteiger charge is 2.30. The normalized spacial score (nSPS) is 18.0. The molecule has 7 nitrogen and oxygen atoms in total. The Morgan fingerprint density at radius 2 is 2.00 bits per heavy atom. The number of aryl methyl sites for hydroxylation is 1. The molecule has 0 unspecified atom stereocenters. The molecule has 7 heteroatoms. The monoisotopic (exact) mass is 385 g/mol.